The molecule has 156 valence electrons. The molecule has 4 rings (SSSR count). The molecule has 0 saturated carbocycles. The van der Waals surface area contributed by atoms with E-state index in [0.717, 1.165) is 40.6 Å². The van der Waals surface area contributed by atoms with Crippen LogP contribution in [0.25, 0.3) is 10.9 Å². The van der Waals surface area contributed by atoms with Gasteiger partial charge in [-0.2, -0.15) is 0 Å². The van der Waals surface area contributed by atoms with Gasteiger partial charge in [0.1, 0.15) is 0 Å². The van der Waals surface area contributed by atoms with Gasteiger partial charge in [-0.1, -0.05) is 30.3 Å². The fourth-order valence-corrected chi connectivity index (χ4v) is 4.31. The maximum Gasteiger partial charge on any atom is 0.337 e. The predicted octanol–water partition coefficient (Wildman–Crippen LogP) is 2.80. The Morgan fingerprint density at radius 1 is 1.20 bits per heavy atom. The standard InChI is InChI=1S/C24H26N2O4/c1-30-24(29)17-8-6-16(7-9-17)15-26-20-5-3-2-4-19(20)22-21(26)11-10-18(23(22)28)14-25-12-13-27/h2-9,18,25,27H,10-15H2,1H3. The van der Waals surface area contributed by atoms with E-state index >= 15 is 0 Å². The van der Waals surface area contributed by atoms with E-state index in [4.69, 9.17) is 9.84 Å². The number of methoxy groups -OCH3 is 1. The van der Waals surface area contributed by atoms with Gasteiger partial charge in [0, 0.05) is 47.7 Å². The van der Waals surface area contributed by atoms with Gasteiger partial charge < -0.3 is 19.7 Å². The number of Topliss-reactive ketones (excluding diaryl/α,β-unsaturated/α-hetero) is 1. The van der Waals surface area contributed by atoms with Gasteiger partial charge in [0.15, 0.2) is 5.78 Å². The SMILES string of the molecule is COC(=O)c1ccc(Cn2c3c(c4ccccc42)C(=O)C(CNCCO)CC3)cc1. The smallest absolute Gasteiger partial charge is 0.337 e. The summed E-state index contributed by atoms with van der Waals surface area (Å²) in [5.41, 5.74) is 4.55. The molecule has 0 radical (unpaired) electrons. The van der Waals surface area contributed by atoms with Crippen molar-refractivity contribution in [2.45, 2.75) is 19.4 Å². The molecule has 1 atom stereocenters. The van der Waals surface area contributed by atoms with Crippen molar-refractivity contribution in [3.63, 3.8) is 0 Å². The second-order valence-electron chi connectivity index (χ2n) is 7.64. The number of ketones is 1. The van der Waals surface area contributed by atoms with Crippen molar-refractivity contribution in [1.29, 1.82) is 0 Å². The summed E-state index contributed by atoms with van der Waals surface area (Å²) < 4.78 is 7.00. The first kappa shape index (κ1) is 20.3. The number of carbonyl (C=O) groups is 2. The maximum absolute atomic E-state index is 13.3. The highest BCUT2D eigenvalue weighted by molar-refractivity contribution is 6.11. The maximum atomic E-state index is 13.3. The Bertz CT molecular complexity index is 1070. The minimum atomic E-state index is -0.350. The molecule has 3 aromatic rings. The summed E-state index contributed by atoms with van der Waals surface area (Å²) in [6.07, 6.45) is 1.63. The quantitative estimate of drug-likeness (QED) is 0.466. The molecule has 1 aliphatic carbocycles. The summed E-state index contributed by atoms with van der Waals surface area (Å²) in [5.74, 6) is -0.239. The van der Waals surface area contributed by atoms with Crippen molar-refractivity contribution in [2.24, 2.45) is 5.92 Å². The van der Waals surface area contributed by atoms with E-state index in [9.17, 15) is 9.59 Å². The Morgan fingerprint density at radius 2 is 1.97 bits per heavy atom. The van der Waals surface area contributed by atoms with Crippen LogP contribution in [-0.4, -0.2) is 48.2 Å². The van der Waals surface area contributed by atoms with Crippen molar-refractivity contribution in [2.75, 3.05) is 26.8 Å². The molecule has 0 spiro atoms. The average Bonchev–Trinajstić information content (AvgIpc) is 3.09. The summed E-state index contributed by atoms with van der Waals surface area (Å²) in [6, 6.07) is 15.4. The third-order valence-electron chi connectivity index (χ3n) is 5.82. The summed E-state index contributed by atoms with van der Waals surface area (Å²) in [5, 5.41) is 13.1. The van der Waals surface area contributed by atoms with Crippen LogP contribution in [0.1, 0.15) is 38.4 Å². The van der Waals surface area contributed by atoms with Crippen LogP contribution < -0.4 is 5.32 Å². The lowest BCUT2D eigenvalue weighted by Gasteiger charge is -2.23. The molecule has 0 saturated heterocycles. The topological polar surface area (TPSA) is 80.6 Å². The van der Waals surface area contributed by atoms with E-state index in [1.54, 1.807) is 12.1 Å². The van der Waals surface area contributed by atoms with Gasteiger partial charge in [0.25, 0.3) is 0 Å². The fraction of sp³-hybridized carbons (Fsp3) is 0.333. The Labute approximate surface area is 175 Å². The zero-order valence-corrected chi connectivity index (χ0v) is 17.1. The number of nitrogens with zero attached hydrogens (tertiary/aromatic N) is 1. The Hall–Kier alpha value is -2.96. The molecule has 1 unspecified atom stereocenters. The van der Waals surface area contributed by atoms with E-state index in [2.05, 4.69) is 16.0 Å². The van der Waals surface area contributed by atoms with E-state index in [1.807, 2.05) is 30.3 Å². The van der Waals surface area contributed by atoms with E-state index in [1.165, 1.54) is 7.11 Å². The van der Waals surface area contributed by atoms with Gasteiger partial charge >= 0.3 is 5.97 Å². The number of aliphatic hydroxyl groups is 1. The lowest BCUT2D eigenvalue weighted by Crippen LogP contribution is -2.33. The number of rotatable bonds is 7. The number of nitrogens with one attached hydrogen (secondary N) is 1. The van der Waals surface area contributed by atoms with Crippen LogP contribution in [0.5, 0.6) is 0 Å². The molecule has 2 N–H and O–H groups in total. The molecular weight excluding hydrogens is 380 g/mol. The second-order valence-corrected chi connectivity index (χ2v) is 7.64. The molecular formula is C24H26N2O4. The van der Waals surface area contributed by atoms with Crippen molar-refractivity contribution in [3.8, 4) is 0 Å². The molecule has 1 aliphatic rings. The van der Waals surface area contributed by atoms with Crippen molar-refractivity contribution in [3.05, 3.63) is 70.9 Å². The Balaban J connectivity index is 1.67. The van der Waals surface area contributed by atoms with Crippen LogP contribution in [0.2, 0.25) is 0 Å². The lowest BCUT2D eigenvalue weighted by molar-refractivity contribution is 0.0600. The largest absolute Gasteiger partial charge is 0.465 e. The highest BCUT2D eigenvalue weighted by Crippen LogP contribution is 2.34. The van der Waals surface area contributed by atoms with Crippen molar-refractivity contribution < 1.29 is 19.4 Å². The van der Waals surface area contributed by atoms with Crippen LogP contribution in [0.4, 0.5) is 0 Å². The molecule has 0 aliphatic heterocycles. The first-order chi connectivity index (χ1) is 14.6. The molecule has 1 aromatic heterocycles. The summed E-state index contributed by atoms with van der Waals surface area (Å²) in [4.78, 5) is 25.0. The second kappa shape index (κ2) is 8.81. The van der Waals surface area contributed by atoms with Gasteiger partial charge in [-0.25, -0.2) is 4.79 Å². The summed E-state index contributed by atoms with van der Waals surface area (Å²) >= 11 is 0. The normalized spacial score (nSPS) is 15.9. The van der Waals surface area contributed by atoms with E-state index < -0.39 is 0 Å². The zero-order valence-electron chi connectivity index (χ0n) is 17.1. The van der Waals surface area contributed by atoms with Crippen LogP contribution in [0.15, 0.2) is 48.5 Å². The van der Waals surface area contributed by atoms with Gasteiger partial charge in [-0.3, -0.25) is 4.79 Å². The Morgan fingerprint density at radius 3 is 2.70 bits per heavy atom. The number of carbonyl (C=O) groups excluding carboxylic acids is 2. The lowest BCUT2D eigenvalue weighted by atomic mass is 9.85. The number of hydrogen-bond donors (Lipinski definition) is 2. The molecule has 0 amide bonds. The highest BCUT2D eigenvalue weighted by Gasteiger charge is 2.32. The van der Waals surface area contributed by atoms with E-state index in [0.29, 0.717) is 25.2 Å². The number of benzene rings is 2. The summed E-state index contributed by atoms with van der Waals surface area (Å²) in [6.45, 7) is 1.80. The predicted molar refractivity (Wildman–Crippen MR) is 115 cm³/mol. The fourth-order valence-electron chi connectivity index (χ4n) is 4.31. The van der Waals surface area contributed by atoms with Crippen LogP contribution >= 0.6 is 0 Å². The average molecular weight is 406 g/mol. The number of para-hydroxylation sites is 1. The van der Waals surface area contributed by atoms with Crippen LogP contribution in [0.3, 0.4) is 0 Å². The molecule has 0 bridgehead atoms. The number of ether oxygens (including phenoxy) is 1. The van der Waals surface area contributed by atoms with Crippen molar-refractivity contribution in [1.82, 2.24) is 9.88 Å². The zero-order chi connectivity index (χ0) is 21.1. The molecule has 2 aromatic carbocycles. The molecule has 6 heteroatoms. The highest BCUT2D eigenvalue weighted by atomic mass is 16.5. The van der Waals surface area contributed by atoms with Gasteiger partial charge in [-0.15, -0.1) is 0 Å². The minimum Gasteiger partial charge on any atom is -0.465 e. The molecule has 1 heterocycles. The van der Waals surface area contributed by atoms with Crippen molar-refractivity contribution >= 4 is 22.7 Å². The Kier molecular flexibility index (Phi) is 5.97. The van der Waals surface area contributed by atoms with Crippen LogP contribution in [0, 0.1) is 5.92 Å². The third kappa shape index (κ3) is 3.76. The van der Waals surface area contributed by atoms with Crippen LogP contribution in [-0.2, 0) is 17.7 Å². The number of aliphatic hydroxyl groups excluding tert-OH is 1. The number of fused-ring (bicyclic) bond motifs is 3. The summed E-state index contributed by atoms with van der Waals surface area (Å²) in [7, 11) is 1.37. The molecule has 0 fully saturated rings. The van der Waals surface area contributed by atoms with Gasteiger partial charge in [0.2, 0.25) is 0 Å². The van der Waals surface area contributed by atoms with Gasteiger partial charge in [-0.05, 0) is 36.6 Å². The molecule has 6 nitrogen and oxygen atoms in total. The number of hydrogen-bond acceptors (Lipinski definition) is 5. The van der Waals surface area contributed by atoms with Gasteiger partial charge in [0.05, 0.1) is 19.3 Å². The minimum absolute atomic E-state index is 0.0670. The first-order valence-electron chi connectivity index (χ1n) is 10.3. The number of esters is 1. The monoisotopic (exact) mass is 406 g/mol. The van der Waals surface area contributed by atoms with E-state index in [-0.39, 0.29) is 24.3 Å². The number of aromatic nitrogens is 1. The first-order valence-corrected chi connectivity index (χ1v) is 10.3. The third-order valence-corrected chi connectivity index (χ3v) is 5.82. The molecule has 30 heavy (non-hydrogen) atoms.